The van der Waals surface area contributed by atoms with Gasteiger partial charge in [0.15, 0.2) is 0 Å². The molecule has 0 unspecified atom stereocenters. The third kappa shape index (κ3) is 1.14. The molecule has 0 radical (unpaired) electrons. The summed E-state index contributed by atoms with van der Waals surface area (Å²) in [5.74, 6) is 2.00. The normalized spacial score (nSPS) is 19.5. The first kappa shape index (κ1) is 8.04. The number of nitrogens with zero attached hydrogens (tertiary/aromatic N) is 2. The van der Waals surface area contributed by atoms with E-state index in [1.807, 2.05) is 0 Å². The summed E-state index contributed by atoms with van der Waals surface area (Å²) >= 11 is 0. The van der Waals surface area contributed by atoms with Gasteiger partial charge < -0.3 is 4.57 Å². The van der Waals surface area contributed by atoms with Crippen molar-refractivity contribution < 1.29 is 0 Å². The van der Waals surface area contributed by atoms with Crippen molar-refractivity contribution in [3.8, 4) is 0 Å². The van der Waals surface area contributed by atoms with Crippen LogP contribution in [0.4, 0.5) is 0 Å². The van der Waals surface area contributed by atoms with Gasteiger partial charge >= 0.3 is 0 Å². The first-order chi connectivity index (χ1) is 6.86. The summed E-state index contributed by atoms with van der Waals surface area (Å²) in [6.45, 7) is 0. The number of imidazole rings is 1. The van der Waals surface area contributed by atoms with Crippen LogP contribution in [0.1, 0.15) is 42.4 Å². The van der Waals surface area contributed by atoms with E-state index in [0.717, 1.165) is 18.0 Å². The maximum absolute atomic E-state index is 4.70. The van der Waals surface area contributed by atoms with Gasteiger partial charge in [-0.15, -0.1) is 0 Å². The van der Waals surface area contributed by atoms with Crippen LogP contribution in [0.15, 0.2) is 12.2 Å². The van der Waals surface area contributed by atoms with Crippen molar-refractivity contribution in [2.24, 2.45) is 7.05 Å². The number of allylic oxidation sites excluding steroid dienone is 2. The number of fused-ring (bicyclic) bond motifs is 1. The van der Waals surface area contributed by atoms with Crippen LogP contribution < -0.4 is 0 Å². The molecule has 0 aromatic carbocycles. The maximum atomic E-state index is 4.70. The molecule has 1 aromatic rings. The second kappa shape index (κ2) is 2.84. The zero-order chi connectivity index (χ0) is 9.54. The summed E-state index contributed by atoms with van der Waals surface area (Å²) in [6, 6.07) is 0. The summed E-state index contributed by atoms with van der Waals surface area (Å²) in [7, 11) is 2.13. The molecule has 1 heterocycles. The molecule has 0 spiro atoms. The Balaban J connectivity index is 2.15. The van der Waals surface area contributed by atoms with Gasteiger partial charge in [-0.1, -0.05) is 12.2 Å². The van der Waals surface area contributed by atoms with E-state index < -0.39 is 0 Å². The molecule has 72 valence electrons. The van der Waals surface area contributed by atoms with E-state index in [9.17, 15) is 0 Å². The Hall–Kier alpha value is -1.31. The molecule has 2 aliphatic carbocycles. The van der Waals surface area contributed by atoms with Crippen molar-refractivity contribution in [3.05, 3.63) is 29.4 Å². The van der Waals surface area contributed by atoms with Crippen LogP contribution in [0.5, 0.6) is 0 Å². The predicted molar refractivity (Wildman–Crippen MR) is 57.9 cm³/mol. The maximum Gasteiger partial charge on any atom is 0.112 e. The highest BCUT2D eigenvalue weighted by atomic mass is 15.1. The fraction of sp³-hybridized carbons (Fsp3) is 0.417. The van der Waals surface area contributed by atoms with Crippen molar-refractivity contribution in [1.82, 2.24) is 9.55 Å². The summed E-state index contributed by atoms with van der Waals surface area (Å²) in [5.41, 5.74) is 2.41. The Labute approximate surface area is 84.0 Å². The summed E-state index contributed by atoms with van der Waals surface area (Å²) in [4.78, 5) is 4.70. The molecule has 0 atom stereocenters. The standard InChI is InChI=1S/C12H14N2/c1-14-11-6-4-2-3-5-10(11)13-12(14)9-7-8-9/h3-6,9H,2,7-8H2,1H3. The Bertz CT molecular complexity index is 420. The molecule has 0 aliphatic heterocycles. The lowest BCUT2D eigenvalue weighted by Gasteiger charge is -2.00. The molecular formula is C12H14N2. The first-order valence-corrected chi connectivity index (χ1v) is 5.26. The molecule has 2 aliphatic rings. The average Bonchev–Trinajstić information content (AvgIpc) is 2.99. The SMILES string of the molecule is Cn1c(C2CC2)nc2c1C=CCC=C2. The molecule has 2 heteroatoms. The molecule has 0 N–H and O–H groups in total. The quantitative estimate of drug-likeness (QED) is 0.659. The van der Waals surface area contributed by atoms with Crippen molar-refractivity contribution >= 4 is 12.2 Å². The van der Waals surface area contributed by atoms with Crippen molar-refractivity contribution in [3.63, 3.8) is 0 Å². The van der Waals surface area contributed by atoms with Gasteiger partial charge in [0.05, 0.1) is 11.4 Å². The smallest absolute Gasteiger partial charge is 0.112 e. The third-order valence-electron chi connectivity index (χ3n) is 2.97. The van der Waals surface area contributed by atoms with E-state index in [1.54, 1.807) is 0 Å². The van der Waals surface area contributed by atoms with Crippen molar-refractivity contribution in [1.29, 1.82) is 0 Å². The Kier molecular flexibility index (Phi) is 1.63. The minimum absolute atomic E-state index is 0.730. The highest BCUT2D eigenvalue weighted by Crippen LogP contribution is 2.40. The lowest BCUT2D eigenvalue weighted by molar-refractivity contribution is 0.793. The number of aromatic nitrogens is 2. The van der Waals surface area contributed by atoms with Gasteiger partial charge in [-0.25, -0.2) is 4.98 Å². The van der Waals surface area contributed by atoms with Crippen LogP contribution in [-0.2, 0) is 7.05 Å². The van der Waals surface area contributed by atoms with Crippen LogP contribution in [0, 0.1) is 0 Å². The van der Waals surface area contributed by atoms with Gasteiger partial charge in [0, 0.05) is 13.0 Å². The summed E-state index contributed by atoms with van der Waals surface area (Å²) < 4.78 is 2.25. The van der Waals surface area contributed by atoms with Gasteiger partial charge in [0.1, 0.15) is 5.82 Å². The van der Waals surface area contributed by atoms with Crippen LogP contribution >= 0.6 is 0 Å². The third-order valence-corrected chi connectivity index (χ3v) is 2.97. The van der Waals surface area contributed by atoms with Crippen LogP contribution in [0.25, 0.3) is 12.2 Å². The molecule has 14 heavy (non-hydrogen) atoms. The van der Waals surface area contributed by atoms with E-state index in [-0.39, 0.29) is 0 Å². The van der Waals surface area contributed by atoms with Gasteiger partial charge in [-0.3, -0.25) is 0 Å². The molecule has 0 amide bonds. The number of rotatable bonds is 1. The lowest BCUT2D eigenvalue weighted by atomic mass is 10.3. The molecule has 2 nitrogen and oxygen atoms in total. The summed E-state index contributed by atoms with van der Waals surface area (Å²) in [5, 5.41) is 0. The molecule has 3 rings (SSSR count). The Morgan fingerprint density at radius 3 is 2.86 bits per heavy atom. The Morgan fingerprint density at radius 2 is 2.07 bits per heavy atom. The van der Waals surface area contributed by atoms with E-state index in [1.165, 1.54) is 24.4 Å². The highest BCUT2D eigenvalue weighted by molar-refractivity contribution is 5.63. The van der Waals surface area contributed by atoms with Crippen LogP contribution in [-0.4, -0.2) is 9.55 Å². The van der Waals surface area contributed by atoms with Gasteiger partial charge in [0.2, 0.25) is 0 Å². The molecule has 1 aromatic heterocycles. The highest BCUT2D eigenvalue weighted by Gasteiger charge is 2.29. The molecule has 1 fully saturated rings. The van der Waals surface area contributed by atoms with E-state index in [2.05, 4.69) is 35.9 Å². The lowest BCUT2D eigenvalue weighted by Crippen LogP contribution is -1.97. The van der Waals surface area contributed by atoms with E-state index in [4.69, 9.17) is 4.98 Å². The van der Waals surface area contributed by atoms with E-state index in [0.29, 0.717) is 0 Å². The largest absolute Gasteiger partial charge is 0.331 e. The van der Waals surface area contributed by atoms with E-state index >= 15 is 0 Å². The van der Waals surface area contributed by atoms with Crippen molar-refractivity contribution in [2.75, 3.05) is 0 Å². The molecule has 1 saturated carbocycles. The monoisotopic (exact) mass is 186 g/mol. The second-order valence-electron chi connectivity index (χ2n) is 4.11. The number of hydrogen-bond donors (Lipinski definition) is 0. The Morgan fingerprint density at radius 1 is 1.29 bits per heavy atom. The van der Waals surface area contributed by atoms with Crippen LogP contribution in [0.2, 0.25) is 0 Å². The first-order valence-electron chi connectivity index (χ1n) is 5.26. The minimum atomic E-state index is 0.730. The van der Waals surface area contributed by atoms with Crippen molar-refractivity contribution in [2.45, 2.75) is 25.2 Å². The number of hydrogen-bond acceptors (Lipinski definition) is 1. The zero-order valence-corrected chi connectivity index (χ0v) is 8.40. The van der Waals surface area contributed by atoms with Gasteiger partial charge in [0.25, 0.3) is 0 Å². The summed E-state index contributed by atoms with van der Waals surface area (Å²) in [6.07, 6.45) is 12.4. The zero-order valence-electron chi connectivity index (χ0n) is 8.40. The fourth-order valence-corrected chi connectivity index (χ4v) is 2.02. The predicted octanol–water partition coefficient (Wildman–Crippen LogP) is 2.73. The topological polar surface area (TPSA) is 17.8 Å². The molecule has 0 bridgehead atoms. The average molecular weight is 186 g/mol. The van der Waals surface area contributed by atoms with Gasteiger partial charge in [-0.2, -0.15) is 0 Å². The molecular weight excluding hydrogens is 172 g/mol. The minimum Gasteiger partial charge on any atom is -0.331 e. The fourth-order valence-electron chi connectivity index (χ4n) is 2.02. The molecule has 0 saturated heterocycles. The second-order valence-corrected chi connectivity index (χ2v) is 4.11. The van der Waals surface area contributed by atoms with Crippen LogP contribution in [0.3, 0.4) is 0 Å². The van der Waals surface area contributed by atoms with Gasteiger partial charge in [-0.05, 0) is 31.4 Å².